The second-order valence-electron chi connectivity index (χ2n) is 5.98. The van der Waals surface area contributed by atoms with Crippen LogP contribution >= 0.6 is 0 Å². The van der Waals surface area contributed by atoms with Crippen molar-refractivity contribution in [3.63, 3.8) is 0 Å². The fourth-order valence-electron chi connectivity index (χ4n) is 2.95. The fourth-order valence-corrected chi connectivity index (χ4v) is 2.95. The molecule has 17 heavy (non-hydrogen) atoms. The van der Waals surface area contributed by atoms with E-state index in [1.54, 1.807) is 0 Å². The Morgan fingerprint density at radius 2 is 1.88 bits per heavy atom. The molecule has 2 fully saturated rings. The second kappa shape index (κ2) is 5.85. The van der Waals surface area contributed by atoms with Crippen LogP contribution in [-0.4, -0.2) is 37.0 Å². The van der Waals surface area contributed by atoms with Gasteiger partial charge in [-0.05, 0) is 50.1 Å². The highest BCUT2D eigenvalue weighted by molar-refractivity contribution is 5.76. The highest BCUT2D eigenvalue weighted by Gasteiger charge is 2.27. The van der Waals surface area contributed by atoms with Crippen molar-refractivity contribution >= 4 is 5.91 Å². The number of amides is 1. The van der Waals surface area contributed by atoms with Gasteiger partial charge in [0.15, 0.2) is 0 Å². The third kappa shape index (κ3) is 3.44. The summed E-state index contributed by atoms with van der Waals surface area (Å²) in [6, 6.07) is 0. The van der Waals surface area contributed by atoms with Crippen molar-refractivity contribution in [3.05, 3.63) is 0 Å². The Hall–Kier alpha value is -0.570. The predicted molar refractivity (Wildman–Crippen MR) is 69.7 cm³/mol. The number of nitrogens with one attached hydrogen (secondary N) is 1. The minimum Gasteiger partial charge on any atom is -0.342 e. The third-order valence-electron chi connectivity index (χ3n) is 4.61. The van der Waals surface area contributed by atoms with E-state index >= 15 is 0 Å². The lowest BCUT2D eigenvalue weighted by atomic mass is 9.87. The van der Waals surface area contributed by atoms with Gasteiger partial charge in [0.05, 0.1) is 0 Å². The van der Waals surface area contributed by atoms with Crippen molar-refractivity contribution in [2.45, 2.75) is 39.5 Å². The molecule has 2 saturated heterocycles. The van der Waals surface area contributed by atoms with E-state index in [9.17, 15) is 4.79 Å². The average molecular weight is 238 g/mol. The standard InChI is InChI=1S/C14H26N2O/c1-11-5-8-16(10-12(11)2)14(17)9-13-3-6-15-7-4-13/h11-13,15H,3-10H2,1-2H3. The van der Waals surface area contributed by atoms with Crippen molar-refractivity contribution in [2.24, 2.45) is 17.8 Å². The molecule has 1 N–H and O–H groups in total. The Balaban J connectivity index is 1.79. The molecule has 0 bridgehead atoms. The van der Waals surface area contributed by atoms with Crippen LogP contribution in [0.1, 0.15) is 39.5 Å². The Morgan fingerprint density at radius 3 is 2.53 bits per heavy atom. The topological polar surface area (TPSA) is 32.3 Å². The number of piperidine rings is 2. The highest BCUT2D eigenvalue weighted by Crippen LogP contribution is 2.24. The molecule has 0 aromatic heterocycles. The fraction of sp³-hybridized carbons (Fsp3) is 0.929. The van der Waals surface area contributed by atoms with E-state index in [1.807, 2.05) is 0 Å². The van der Waals surface area contributed by atoms with Crippen LogP contribution in [0.5, 0.6) is 0 Å². The first-order valence-corrected chi connectivity index (χ1v) is 7.15. The first-order chi connectivity index (χ1) is 8.16. The van der Waals surface area contributed by atoms with Gasteiger partial charge in [-0.3, -0.25) is 4.79 Å². The molecule has 2 rings (SSSR count). The van der Waals surface area contributed by atoms with Gasteiger partial charge in [0, 0.05) is 19.5 Å². The third-order valence-corrected chi connectivity index (χ3v) is 4.61. The summed E-state index contributed by atoms with van der Waals surface area (Å²) in [5.74, 6) is 2.47. The molecule has 0 aromatic carbocycles. The SMILES string of the molecule is CC1CCN(C(=O)CC2CCNCC2)CC1C. The Labute approximate surface area is 105 Å². The average Bonchev–Trinajstić information content (AvgIpc) is 2.34. The molecule has 2 heterocycles. The molecule has 98 valence electrons. The minimum atomic E-state index is 0.399. The van der Waals surface area contributed by atoms with E-state index in [4.69, 9.17) is 0 Å². The number of hydrogen-bond donors (Lipinski definition) is 1. The Bertz CT molecular complexity index is 261. The van der Waals surface area contributed by atoms with Crippen LogP contribution in [0, 0.1) is 17.8 Å². The number of likely N-dealkylation sites (tertiary alicyclic amines) is 1. The summed E-state index contributed by atoms with van der Waals surface area (Å²) in [6.07, 6.45) is 4.30. The van der Waals surface area contributed by atoms with Gasteiger partial charge in [-0.2, -0.15) is 0 Å². The van der Waals surface area contributed by atoms with Gasteiger partial charge in [0.2, 0.25) is 5.91 Å². The summed E-state index contributed by atoms with van der Waals surface area (Å²) in [4.78, 5) is 14.3. The molecule has 0 saturated carbocycles. The number of carbonyl (C=O) groups excluding carboxylic acids is 1. The zero-order valence-electron chi connectivity index (χ0n) is 11.2. The van der Waals surface area contributed by atoms with Crippen molar-refractivity contribution in [1.82, 2.24) is 10.2 Å². The summed E-state index contributed by atoms with van der Waals surface area (Å²) in [5.41, 5.74) is 0. The van der Waals surface area contributed by atoms with Crippen molar-refractivity contribution in [2.75, 3.05) is 26.2 Å². The maximum atomic E-state index is 12.2. The molecule has 3 nitrogen and oxygen atoms in total. The zero-order valence-corrected chi connectivity index (χ0v) is 11.2. The summed E-state index contributed by atoms with van der Waals surface area (Å²) < 4.78 is 0. The smallest absolute Gasteiger partial charge is 0.222 e. The second-order valence-corrected chi connectivity index (χ2v) is 5.98. The van der Waals surface area contributed by atoms with Gasteiger partial charge in [-0.1, -0.05) is 13.8 Å². The van der Waals surface area contributed by atoms with E-state index in [2.05, 4.69) is 24.1 Å². The van der Waals surface area contributed by atoms with Crippen LogP contribution < -0.4 is 5.32 Å². The summed E-state index contributed by atoms with van der Waals surface area (Å²) in [7, 11) is 0. The number of nitrogens with zero attached hydrogens (tertiary/aromatic N) is 1. The monoisotopic (exact) mass is 238 g/mol. The van der Waals surface area contributed by atoms with Gasteiger partial charge >= 0.3 is 0 Å². The van der Waals surface area contributed by atoms with Gasteiger partial charge in [0.25, 0.3) is 0 Å². The predicted octanol–water partition coefficient (Wildman–Crippen LogP) is 1.88. The molecule has 0 spiro atoms. The van der Waals surface area contributed by atoms with Crippen molar-refractivity contribution < 1.29 is 4.79 Å². The lowest BCUT2D eigenvalue weighted by Gasteiger charge is -2.36. The normalized spacial score (nSPS) is 31.5. The Kier molecular flexibility index (Phi) is 4.43. The van der Waals surface area contributed by atoms with Crippen LogP contribution in [0.15, 0.2) is 0 Å². The number of hydrogen-bond acceptors (Lipinski definition) is 2. The molecule has 2 aliphatic rings. The van der Waals surface area contributed by atoms with Crippen LogP contribution in [0.2, 0.25) is 0 Å². The minimum absolute atomic E-state index is 0.399. The van der Waals surface area contributed by atoms with Gasteiger partial charge < -0.3 is 10.2 Å². The van der Waals surface area contributed by atoms with Crippen LogP contribution in [0.3, 0.4) is 0 Å². The quantitative estimate of drug-likeness (QED) is 0.796. The first-order valence-electron chi connectivity index (χ1n) is 7.15. The molecule has 1 amide bonds. The molecule has 3 heteroatoms. The largest absolute Gasteiger partial charge is 0.342 e. The maximum absolute atomic E-state index is 12.2. The molecule has 0 aliphatic carbocycles. The highest BCUT2D eigenvalue weighted by atomic mass is 16.2. The number of carbonyl (C=O) groups is 1. The van der Waals surface area contributed by atoms with E-state index < -0.39 is 0 Å². The molecular weight excluding hydrogens is 212 g/mol. The van der Waals surface area contributed by atoms with Crippen LogP contribution in [0.25, 0.3) is 0 Å². The van der Waals surface area contributed by atoms with E-state index in [1.165, 1.54) is 19.3 Å². The molecule has 2 atom stereocenters. The first kappa shape index (κ1) is 12.9. The summed E-state index contributed by atoms with van der Waals surface area (Å²) in [5, 5.41) is 3.36. The van der Waals surface area contributed by atoms with Gasteiger partial charge in [0.1, 0.15) is 0 Å². The van der Waals surface area contributed by atoms with Gasteiger partial charge in [-0.15, -0.1) is 0 Å². The van der Waals surface area contributed by atoms with E-state index in [0.29, 0.717) is 17.7 Å². The summed E-state index contributed by atoms with van der Waals surface area (Å²) in [6.45, 7) is 8.71. The van der Waals surface area contributed by atoms with Gasteiger partial charge in [-0.25, -0.2) is 0 Å². The molecule has 2 unspecified atom stereocenters. The molecule has 0 radical (unpaired) electrons. The Morgan fingerprint density at radius 1 is 1.18 bits per heavy atom. The number of rotatable bonds is 2. The molecular formula is C14H26N2O. The van der Waals surface area contributed by atoms with Crippen molar-refractivity contribution in [3.8, 4) is 0 Å². The summed E-state index contributed by atoms with van der Waals surface area (Å²) >= 11 is 0. The lowest BCUT2D eigenvalue weighted by Crippen LogP contribution is -2.43. The van der Waals surface area contributed by atoms with Crippen molar-refractivity contribution in [1.29, 1.82) is 0 Å². The van der Waals surface area contributed by atoms with E-state index in [0.717, 1.165) is 38.5 Å². The lowest BCUT2D eigenvalue weighted by molar-refractivity contribution is -0.134. The van der Waals surface area contributed by atoms with Crippen LogP contribution in [-0.2, 0) is 4.79 Å². The van der Waals surface area contributed by atoms with E-state index in [-0.39, 0.29) is 0 Å². The molecule has 0 aromatic rings. The molecule has 2 aliphatic heterocycles. The van der Waals surface area contributed by atoms with Crippen LogP contribution in [0.4, 0.5) is 0 Å². The zero-order chi connectivity index (χ0) is 12.3. The maximum Gasteiger partial charge on any atom is 0.222 e.